The average molecular weight is 277 g/mol. The number of likely N-dealkylation sites (N-methyl/N-ethyl adjacent to an activating group) is 1. The molecule has 20 heavy (non-hydrogen) atoms. The molecule has 0 unspecified atom stereocenters. The molecule has 0 spiro atoms. The smallest absolute Gasteiger partial charge is 0.147 e. The fourth-order valence-electron chi connectivity index (χ4n) is 2.25. The van der Waals surface area contributed by atoms with Gasteiger partial charge in [-0.05, 0) is 27.3 Å². The van der Waals surface area contributed by atoms with Crippen LogP contribution in [0.3, 0.4) is 0 Å². The van der Waals surface area contributed by atoms with Gasteiger partial charge >= 0.3 is 0 Å². The Labute approximate surface area is 122 Å². The van der Waals surface area contributed by atoms with E-state index in [4.69, 9.17) is 0 Å². The fraction of sp³-hybridized carbons (Fsp3) is 0.733. The zero-order chi connectivity index (χ0) is 14.6. The molecule has 1 aliphatic rings. The van der Waals surface area contributed by atoms with Gasteiger partial charge in [0.2, 0.25) is 0 Å². The second kappa shape index (κ2) is 6.50. The van der Waals surface area contributed by atoms with E-state index in [0.29, 0.717) is 0 Å². The van der Waals surface area contributed by atoms with Crippen LogP contribution >= 0.6 is 0 Å². The first-order valence-corrected chi connectivity index (χ1v) is 7.51. The third-order valence-corrected chi connectivity index (χ3v) is 3.64. The third-order valence-electron chi connectivity index (χ3n) is 3.64. The van der Waals surface area contributed by atoms with E-state index in [9.17, 15) is 0 Å². The number of nitrogens with zero attached hydrogens (tertiary/aromatic N) is 4. The van der Waals surface area contributed by atoms with Gasteiger partial charge in [-0.1, -0.05) is 6.92 Å². The number of anilines is 1. The number of nitrogens with one attached hydrogen (secondary N) is 1. The minimum atomic E-state index is 0.108. The minimum Gasteiger partial charge on any atom is -0.353 e. The van der Waals surface area contributed by atoms with Gasteiger partial charge in [-0.15, -0.1) is 0 Å². The van der Waals surface area contributed by atoms with Crippen LogP contribution in [0.4, 0.5) is 5.82 Å². The van der Waals surface area contributed by atoms with Gasteiger partial charge in [0.1, 0.15) is 5.82 Å². The molecule has 0 saturated carbocycles. The minimum absolute atomic E-state index is 0.108. The van der Waals surface area contributed by atoms with Crippen LogP contribution in [0.25, 0.3) is 0 Å². The van der Waals surface area contributed by atoms with Crippen molar-refractivity contribution in [2.24, 2.45) is 0 Å². The van der Waals surface area contributed by atoms with E-state index in [2.05, 4.69) is 52.8 Å². The normalized spacial score (nSPS) is 17.5. The van der Waals surface area contributed by atoms with E-state index >= 15 is 0 Å². The summed E-state index contributed by atoms with van der Waals surface area (Å²) < 4.78 is 0. The standard InChI is InChI=1S/C15H27N5/c1-5-19-6-8-20(9-7-19)14-12-16-13(10-17-14)11-18-15(2,3)4/h10,12,18H,5-9,11H2,1-4H3. The molecule has 2 rings (SSSR count). The lowest BCUT2D eigenvalue weighted by Crippen LogP contribution is -2.46. The Morgan fingerprint density at radius 3 is 2.30 bits per heavy atom. The van der Waals surface area contributed by atoms with Crippen LogP contribution in [-0.2, 0) is 6.54 Å². The van der Waals surface area contributed by atoms with Crippen molar-refractivity contribution in [2.45, 2.75) is 39.8 Å². The van der Waals surface area contributed by atoms with E-state index in [-0.39, 0.29) is 5.54 Å². The second-order valence-electron chi connectivity index (χ2n) is 6.39. The quantitative estimate of drug-likeness (QED) is 0.904. The first-order chi connectivity index (χ1) is 9.48. The first kappa shape index (κ1) is 15.2. The Bertz CT molecular complexity index is 401. The summed E-state index contributed by atoms with van der Waals surface area (Å²) in [6.45, 7) is 14.9. The average Bonchev–Trinajstić information content (AvgIpc) is 2.45. The maximum atomic E-state index is 4.56. The Morgan fingerprint density at radius 2 is 1.80 bits per heavy atom. The summed E-state index contributed by atoms with van der Waals surface area (Å²) in [7, 11) is 0. The third kappa shape index (κ3) is 4.42. The number of hydrogen-bond donors (Lipinski definition) is 1. The molecule has 1 aromatic heterocycles. The predicted octanol–water partition coefficient (Wildman–Crippen LogP) is 1.51. The second-order valence-corrected chi connectivity index (χ2v) is 6.39. The molecule has 0 radical (unpaired) electrons. The molecule has 112 valence electrons. The van der Waals surface area contributed by atoms with Crippen molar-refractivity contribution in [3.05, 3.63) is 18.1 Å². The highest BCUT2D eigenvalue weighted by Crippen LogP contribution is 2.12. The molecule has 0 aliphatic carbocycles. The molecule has 1 aliphatic heterocycles. The van der Waals surface area contributed by atoms with Crippen molar-refractivity contribution in [3.8, 4) is 0 Å². The maximum absolute atomic E-state index is 4.56. The monoisotopic (exact) mass is 277 g/mol. The summed E-state index contributed by atoms with van der Waals surface area (Å²) >= 11 is 0. The van der Waals surface area contributed by atoms with E-state index in [1.54, 1.807) is 0 Å². The zero-order valence-electron chi connectivity index (χ0n) is 13.2. The first-order valence-electron chi connectivity index (χ1n) is 7.51. The molecule has 1 aromatic rings. The summed E-state index contributed by atoms with van der Waals surface area (Å²) in [6, 6.07) is 0. The van der Waals surface area contributed by atoms with Gasteiger partial charge in [0.05, 0.1) is 18.1 Å². The molecule has 5 heteroatoms. The molecule has 2 heterocycles. The SMILES string of the molecule is CCN1CCN(c2cnc(CNC(C)(C)C)cn2)CC1. The van der Waals surface area contributed by atoms with Gasteiger partial charge in [0.25, 0.3) is 0 Å². The largest absolute Gasteiger partial charge is 0.353 e. The molecule has 0 amide bonds. The molecule has 0 bridgehead atoms. The Balaban J connectivity index is 1.88. The van der Waals surface area contributed by atoms with Gasteiger partial charge in [-0.3, -0.25) is 4.98 Å². The van der Waals surface area contributed by atoms with Crippen molar-refractivity contribution in [1.82, 2.24) is 20.2 Å². The molecule has 0 atom stereocenters. The van der Waals surface area contributed by atoms with E-state index in [1.165, 1.54) is 0 Å². The van der Waals surface area contributed by atoms with Crippen LogP contribution in [0.5, 0.6) is 0 Å². The van der Waals surface area contributed by atoms with Crippen molar-refractivity contribution in [2.75, 3.05) is 37.6 Å². The highest BCUT2D eigenvalue weighted by Gasteiger charge is 2.17. The molecule has 1 fully saturated rings. The topological polar surface area (TPSA) is 44.3 Å². The molecule has 5 nitrogen and oxygen atoms in total. The van der Waals surface area contributed by atoms with Gasteiger partial charge in [0.15, 0.2) is 0 Å². The van der Waals surface area contributed by atoms with Crippen LogP contribution in [-0.4, -0.2) is 53.1 Å². The van der Waals surface area contributed by atoms with Crippen molar-refractivity contribution < 1.29 is 0 Å². The number of hydrogen-bond acceptors (Lipinski definition) is 5. The lowest BCUT2D eigenvalue weighted by molar-refractivity contribution is 0.270. The van der Waals surface area contributed by atoms with E-state index in [0.717, 1.165) is 50.8 Å². The fourth-order valence-corrected chi connectivity index (χ4v) is 2.25. The van der Waals surface area contributed by atoms with Gasteiger partial charge in [-0.25, -0.2) is 4.98 Å². The van der Waals surface area contributed by atoms with Crippen molar-refractivity contribution >= 4 is 5.82 Å². The van der Waals surface area contributed by atoms with Crippen LogP contribution < -0.4 is 10.2 Å². The summed E-state index contributed by atoms with van der Waals surface area (Å²) in [6.07, 6.45) is 3.79. The molecular weight excluding hydrogens is 250 g/mol. The van der Waals surface area contributed by atoms with Crippen LogP contribution in [0, 0.1) is 0 Å². The van der Waals surface area contributed by atoms with Crippen LogP contribution in [0.15, 0.2) is 12.4 Å². The number of aromatic nitrogens is 2. The van der Waals surface area contributed by atoms with Crippen LogP contribution in [0.2, 0.25) is 0 Å². The Morgan fingerprint density at radius 1 is 1.10 bits per heavy atom. The summed E-state index contributed by atoms with van der Waals surface area (Å²) in [4.78, 5) is 13.9. The van der Waals surface area contributed by atoms with Crippen molar-refractivity contribution in [3.63, 3.8) is 0 Å². The lowest BCUT2D eigenvalue weighted by atomic mass is 10.1. The van der Waals surface area contributed by atoms with Gasteiger partial charge < -0.3 is 15.1 Å². The number of rotatable bonds is 4. The van der Waals surface area contributed by atoms with E-state index in [1.807, 2.05) is 12.4 Å². The zero-order valence-corrected chi connectivity index (χ0v) is 13.2. The summed E-state index contributed by atoms with van der Waals surface area (Å²) in [5.74, 6) is 1.00. The number of piperazine rings is 1. The molecule has 0 aromatic carbocycles. The van der Waals surface area contributed by atoms with Crippen LogP contribution in [0.1, 0.15) is 33.4 Å². The Kier molecular flexibility index (Phi) is 4.94. The van der Waals surface area contributed by atoms with Gasteiger partial charge in [-0.2, -0.15) is 0 Å². The molecular formula is C15H27N5. The van der Waals surface area contributed by atoms with Gasteiger partial charge in [0, 0.05) is 38.3 Å². The highest BCUT2D eigenvalue weighted by molar-refractivity contribution is 5.36. The Hall–Kier alpha value is -1.20. The maximum Gasteiger partial charge on any atom is 0.147 e. The lowest BCUT2D eigenvalue weighted by Gasteiger charge is -2.34. The summed E-state index contributed by atoms with van der Waals surface area (Å²) in [5, 5.41) is 3.43. The molecule has 1 N–H and O–H groups in total. The van der Waals surface area contributed by atoms with E-state index < -0.39 is 0 Å². The summed E-state index contributed by atoms with van der Waals surface area (Å²) in [5.41, 5.74) is 1.10. The molecule has 1 saturated heterocycles. The predicted molar refractivity (Wildman–Crippen MR) is 83.0 cm³/mol. The van der Waals surface area contributed by atoms with Crippen molar-refractivity contribution in [1.29, 1.82) is 0 Å². The highest BCUT2D eigenvalue weighted by atomic mass is 15.3.